The van der Waals surface area contributed by atoms with E-state index in [2.05, 4.69) is 5.32 Å². The fourth-order valence-electron chi connectivity index (χ4n) is 1.80. The highest BCUT2D eigenvalue weighted by atomic mass is 16.3. The zero-order chi connectivity index (χ0) is 14.2. The van der Waals surface area contributed by atoms with Gasteiger partial charge in [0.1, 0.15) is 18.3 Å². The van der Waals surface area contributed by atoms with E-state index >= 15 is 0 Å². The molecule has 100 valence electrons. The standard InChI is InChI=1S/C12H13N3O4/c1-6-11(18)14-10(17)5-15(6)12(19)7-2-3-8(13)9(16)4-7/h2-4,6,16H,5,13H2,1H3,(H,14,17,18). The van der Waals surface area contributed by atoms with Gasteiger partial charge in [-0.1, -0.05) is 0 Å². The molecular formula is C12H13N3O4. The molecule has 19 heavy (non-hydrogen) atoms. The molecule has 1 aromatic rings. The number of anilines is 1. The van der Waals surface area contributed by atoms with Gasteiger partial charge >= 0.3 is 0 Å². The summed E-state index contributed by atoms with van der Waals surface area (Å²) in [6.45, 7) is 1.33. The first-order chi connectivity index (χ1) is 8.90. The van der Waals surface area contributed by atoms with E-state index in [1.54, 1.807) is 0 Å². The minimum atomic E-state index is -0.745. The Morgan fingerprint density at radius 3 is 2.79 bits per heavy atom. The van der Waals surface area contributed by atoms with Crippen molar-refractivity contribution in [3.8, 4) is 5.75 Å². The van der Waals surface area contributed by atoms with Gasteiger partial charge in [-0.25, -0.2) is 0 Å². The Morgan fingerprint density at radius 1 is 1.47 bits per heavy atom. The van der Waals surface area contributed by atoms with Crippen LogP contribution in [0.1, 0.15) is 17.3 Å². The summed E-state index contributed by atoms with van der Waals surface area (Å²) in [6.07, 6.45) is 0. The number of imide groups is 1. The molecule has 7 heteroatoms. The van der Waals surface area contributed by atoms with Crippen LogP contribution in [0.5, 0.6) is 5.75 Å². The number of piperazine rings is 1. The van der Waals surface area contributed by atoms with Crippen molar-refractivity contribution in [2.45, 2.75) is 13.0 Å². The van der Waals surface area contributed by atoms with E-state index in [0.29, 0.717) is 0 Å². The maximum atomic E-state index is 12.2. The highest BCUT2D eigenvalue weighted by Crippen LogP contribution is 2.22. The Kier molecular flexibility index (Phi) is 3.12. The number of amides is 3. The molecule has 0 bridgehead atoms. The molecule has 1 unspecified atom stereocenters. The number of nitrogen functional groups attached to an aromatic ring is 1. The lowest BCUT2D eigenvalue weighted by molar-refractivity contribution is -0.138. The number of nitrogens with one attached hydrogen (secondary N) is 1. The topological polar surface area (TPSA) is 113 Å². The molecular weight excluding hydrogens is 250 g/mol. The number of phenolic OH excluding ortho intramolecular Hbond substituents is 1. The molecule has 0 spiro atoms. The summed E-state index contributed by atoms with van der Waals surface area (Å²) in [5.74, 6) is -1.78. The predicted octanol–water partition coefficient (Wildman–Crippen LogP) is -0.539. The molecule has 1 heterocycles. The minimum Gasteiger partial charge on any atom is -0.506 e. The first-order valence-corrected chi connectivity index (χ1v) is 5.63. The summed E-state index contributed by atoms with van der Waals surface area (Å²) in [6, 6.07) is 3.28. The molecule has 0 aliphatic carbocycles. The zero-order valence-electron chi connectivity index (χ0n) is 10.2. The molecule has 4 N–H and O–H groups in total. The largest absolute Gasteiger partial charge is 0.506 e. The molecule has 2 rings (SSSR count). The molecule has 1 aromatic carbocycles. The van der Waals surface area contributed by atoms with Gasteiger partial charge in [0.05, 0.1) is 5.69 Å². The molecule has 7 nitrogen and oxygen atoms in total. The molecule has 0 saturated carbocycles. The Balaban J connectivity index is 2.29. The van der Waals surface area contributed by atoms with E-state index in [1.165, 1.54) is 25.1 Å². The Morgan fingerprint density at radius 2 is 2.16 bits per heavy atom. The van der Waals surface area contributed by atoms with Gasteiger partial charge in [0.25, 0.3) is 5.91 Å². The van der Waals surface area contributed by atoms with Crippen molar-refractivity contribution in [2.24, 2.45) is 0 Å². The highest BCUT2D eigenvalue weighted by molar-refractivity contribution is 6.07. The maximum Gasteiger partial charge on any atom is 0.255 e. The van der Waals surface area contributed by atoms with Crippen molar-refractivity contribution in [2.75, 3.05) is 12.3 Å². The molecule has 1 fully saturated rings. The lowest BCUT2D eigenvalue weighted by atomic mass is 10.1. The number of rotatable bonds is 1. The first-order valence-electron chi connectivity index (χ1n) is 5.63. The van der Waals surface area contributed by atoms with Crippen LogP contribution in [0.15, 0.2) is 18.2 Å². The normalized spacial score (nSPS) is 19.2. The van der Waals surface area contributed by atoms with Crippen molar-refractivity contribution in [1.29, 1.82) is 0 Å². The summed E-state index contributed by atoms with van der Waals surface area (Å²) in [5, 5.41) is 11.6. The average Bonchev–Trinajstić information content (AvgIpc) is 2.36. The van der Waals surface area contributed by atoms with Crippen LogP contribution >= 0.6 is 0 Å². The number of hydrogen-bond acceptors (Lipinski definition) is 5. The van der Waals surface area contributed by atoms with Crippen LogP contribution in [0.3, 0.4) is 0 Å². The van der Waals surface area contributed by atoms with Crippen molar-refractivity contribution >= 4 is 23.4 Å². The van der Waals surface area contributed by atoms with Crippen LogP contribution in [0, 0.1) is 0 Å². The monoisotopic (exact) mass is 263 g/mol. The highest BCUT2D eigenvalue weighted by Gasteiger charge is 2.34. The van der Waals surface area contributed by atoms with Crippen LogP contribution in [0.2, 0.25) is 0 Å². The molecule has 1 saturated heterocycles. The second kappa shape index (κ2) is 4.60. The third-order valence-corrected chi connectivity index (χ3v) is 2.96. The van der Waals surface area contributed by atoms with Gasteiger partial charge in [-0.05, 0) is 25.1 Å². The number of aromatic hydroxyl groups is 1. The van der Waals surface area contributed by atoms with E-state index in [1.807, 2.05) is 0 Å². The van der Waals surface area contributed by atoms with E-state index in [9.17, 15) is 19.5 Å². The fraction of sp³-hybridized carbons (Fsp3) is 0.250. The third kappa shape index (κ3) is 2.35. The van der Waals surface area contributed by atoms with Crippen molar-refractivity contribution < 1.29 is 19.5 Å². The van der Waals surface area contributed by atoms with E-state index in [0.717, 1.165) is 4.90 Å². The van der Waals surface area contributed by atoms with Gasteiger partial charge in [-0.2, -0.15) is 0 Å². The van der Waals surface area contributed by atoms with Crippen molar-refractivity contribution in [3.05, 3.63) is 23.8 Å². The summed E-state index contributed by atoms with van der Waals surface area (Å²) in [5.41, 5.74) is 5.76. The molecule has 1 aliphatic rings. The fourth-order valence-corrected chi connectivity index (χ4v) is 1.80. The second-order valence-electron chi connectivity index (χ2n) is 4.30. The van der Waals surface area contributed by atoms with Gasteiger partial charge in [-0.3, -0.25) is 19.7 Å². The number of carbonyl (C=O) groups is 3. The number of benzene rings is 1. The van der Waals surface area contributed by atoms with Crippen molar-refractivity contribution in [3.63, 3.8) is 0 Å². The Hall–Kier alpha value is -2.57. The van der Waals surface area contributed by atoms with Gasteiger partial charge < -0.3 is 15.7 Å². The summed E-state index contributed by atoms with van der Waals surface area (Å²) >= 11 is 0. The Labute approximate surface area is 109 Å². The molecule has 1 atom stereocenters. The maximum absolute atomic E-state index is 12.2. The van der Waals surface area contributed by atoms with Crippen LogP contribution in [-0.2, 0) is 9.59 Å². The lowest BCUT2D eigenvalue weighted by Crippen LogP contribution is -2.58. The molecule has 1 aliphatic heterocycles. The van der Waals surface area contributed by atoms with Gasteiger partial charge in [0, 0.05) is 5.56 Å². The number of nitrogens with two attached hydrogens (primary N) is 1. The molecule has 0 aromatic heterocycles. The summed E-state index contributed by atoms with van der Waals surface area (Å²) < 4.78 is 0. The van der Waals surface area contributed by atoms with Gasteiger partial charge in [0.2, 0.25) is 11.8 Å². The Bertz CT molecular complexity index is 570. The van der Waals surface area contributed by atoms with E-state index < -0.39 is 23.8 Å². The summed E-state index contributed by atoms with van der Waals surface area (Å²) in [4.78, 5) is 36.1. The van der Waals surface area contributed by atoms with Gasteiger partial charge in [0.15, 0.2) is 0 Å². The number of phenols is 1. The van der Waals surface area contributed by atoms with Crippen LogP contribution in [-0.4, -0.2) is 40.3 Å². The smallest absolute Gasteiger partial charge is 0.255 e. The summed E-state index contributed by atoms with van der Waals surface area (Å²) in [7, 11) is 0. The quantitative estimate of drug-likeness (QED) is 0.358. The SMILES string of the molecule is CC1C(=O)NC(=O)CN1C(=O)c1ccc(N)c(O)c1. The number of nitrogens with zero attached hydrogens (tertiary/aromatic N) is 1. The molecule has 0 radical (unpaired) electrons. The van der Waals surface area contributed by atoms with E-state index in [-0.39, 0.29) is 23.5 Å². The second-order valence-corrected chi connectivity index (χ2v) is 4.30. The van der Waals surface area contributed by atoms with Crippen LogP contribution in [0.4, 0.5) is 5.69 Å². The third-order valence-electron chi connectivity index (χ3n) is 2.96. The average molecular weight is 263 g/mol. The lowest BCUT2D eigenvalue weighted by Gasteiger charge is -2.31. The number of hydrogen-bond donors (Lipinski definition) is 3. The molecule has 3 amide bonds. The van der Waals surface area contributed by atoms with Gasteiger partial charge in [-0.15, -0.1) is 0 Å². The van der Waals surface area contributed by atoms with Crippen molar-refractivity contribution in [1.82, 2.24) is 10.2 Å². The van der Waals surface area contributed by atoms with Crippen LogP contribution < -0.4 is 11.1 Å². The minimum absolute atomic E-state index is 0.150. The number of carbonyl (C=O) groups excluding carboxylic acids is 3. The van der Waals surface area contributed by atoms with E-state index in [4.69, 9.17) is 5.73 Å². The first kappa shape index (κ1) is 12.9. The van der Waals surface area contributed by atoms with Crippen LogP contribution in [0.25, 0.3) is 0 Å². The zero-order valence-corrected chi connectivity index (χ0v) is 10.2. The predicted molar refractivity (Wildman–Crippen MR) is 66.2 cm³/mol.